The maximum Gasteiger partial charge on any atom is 0.270 e. The van der Waals surface area contributed by atoms with Crippen LogP contribution in [0, 0.1) is 13.8 Å². The van der Waals surface area contributed by atoms with Crippen LogP contribution in [0.4, 0.5) is 0 Å². The number of aryl methyl sites for hydroxylation is 3. The van der Waals surface area contributed by atoms with Gasteiger partial charge in [-0.1, -0.05) is 72.8 Å². The molecule has 4 nitrogen and oxygen atoms in total. The smallest absolute Gasteiger partial charge is 0.270 e. The molecule has 0 spiro atoms. The zero-order valence-electron chi connectivity index (χ0n) is 17.5. The second-order valence-corrected chi connectivity index (χ2v) is 7.57. The van der Waals surface area contributed by atoms with Crippen LogP contribution in [0.5, 0.6) is 0 Å². The molecule has 30 heavy (non-hydrogen) atoms. The summed E-state index contributed by atoms with van der Waals surface area (Å²) in [7, 11) is 1.81. The van der Waals surface area contributed by atoms with Crippen LogP contribution in [-0.2, 0) is 7.05 Å². The van der Waals surface area contributed by atoms with Gasteiger partial charge < -0.3 is 5.32 Å². The molecule has 1 heterocycles. The van der Waals surface area contributed by atoms with Crippen LogP contribution in [0.2, 0.25) is 0 Å². The molecule has 0 aliphatic heterocycles. The molecule has 0 bridgehead atoms. The molecule has 4 aromatic rings. The Hall–Kier alpha value is -3.66. The number of benzene rings is 3. The molecule has 0 radical (unpaired) electrons. The maximum atomic E-state index is 13.2. The second-order valence-electron chi connectivity index (χ2n) is 7.57. The molecule has 0 aliphatic rings. The number of carbonyl (C=O) groups is 1. The van der Waals surface area contributed by atoms with Gasteiger partial charge in [0.25, 0.3) is 5.91 Å². The summed E-state index contributed by atoms with van der Waals surface area (Å²) in [6.45, 7) is 4.17. The Morgan fingerprint density at radius 3 is 2.00 bits per heavy atom. The van der Waals surface area contributed by atoms with Crippen molar-refractivity contribution in [2.24, 2.45) is 7.05 Å². The highest BCUT2D eigenvalue weighted by Gasteiger charge is 2.21. The van der Waals surface area contributed by atoms with Gasteiger partial charge in [-0.3, -0.25) is 9.48 Å². The second kappa shape index (κ2) is 8.37. The Labute approximate surface area is 177 Å². The molecule has 1 N–H and O–H groups in total. The van der Waals surface area contributed by atoms with Crippen LogP contribution >= 0.6 is 0 Å². The molecule has 4 rings (SSSR count). The van der Waals surface area contributed by atoms with Crippen LogP contribution in [0.25, 0.3) is 11.3 Å². The minimum Gasteiger partial charge on any atom is -0.340 e. The Balaban J connectivity index is 1.65. The van der Waals surface area contributed by atoms with Crippen LogP contribution in [0.1, 0.15) is 38.8 Å². The minimum absolute atomic E-state index is 0.155. The summed E-state index contributed by atoms with van der Waals surface area (Å²) >= 11 is 0. The van der Waals surface area contributed by atoms with Crippen molar-refractivity contribution in [2.75, 3.05) is 0 Å². The number of aromatic nitrogens is 2. The Bertz CT molecular complexity index is 1120. The highest BCUT2D eigenvalue weighted by Crippen LogP contribution is 2.24. The van der Waals surface area contributed by atoms with Gasteiger partial charge in [0.05, 0.1) is 11.7 Å². The van der Waals surface area contributed by atoms with E-state index in [0.29, 0.717) is 5.69 Å². The lowest BCUT2D eigenvalue weighted by Gasteiger charge is -2.20. The first kappa shape index (κ1) is 19.6. The SMILES string of the molecule is Cc1ccc(-c2cc(C(=O)NC(c3ccccc3)c3ccccc3)n(C)n2)cc1C. The van der Waals surface area contributed by atoms with Crippen molar-refractivity contribution in [2.45, 2.75) is 19.9 Å². The molecule has 0 saturated carbocycles. The van der Waals surface area contributed by atoms with E-state index in [2.05, 4.69) is 36.4 Å². The van der Waals surface area contributed by atoms with Gasteiger partial charge in [-0.25, -0.2) is 0 Å². The van der Waals surface area contributed by atoms with Gasteiger partial charge in [0, 0.05) is 12.6 Å². The predicted molar refractivity (Wildman–Crippen MR) is 120 cm³/mol. The molecule has 1 aromatic heterocycles. The molecule has 4 heteroatoms. The Kier molecular flexibility index (Phi) is 5.48. The van der Waals surface area contributed by atoms with Crippen molar-refractivity contribution in [3.05, 3.63) is 113 Å². The van der Waals surface area contributed by atoms with E-state index in [0.717, 1.165) is 22.4 Å². The number of nitrogens with zero attached hydrogens (tertiary/aromatic N) is 2. The molecule has 150 valence electrons. The fourth-order valence-electron chi connectivity index (χ4n) is 3.58. The van der Waals surface area contributed by atoms with Gasteiger partial charge in [-0.05, 0) is 48.2 Å². The van der Waals surface area contributed by atoms with E-state index in [1.54, 1.807) is 11.7 Å². The van der Waals surface area contributed by atoms with Crippen LogP contribution in [-0.4, -0.2) is 15.7 Å². The van der Waals surface area contributed by atoms with Gasteiger partial charge in [-0.15, -0.1) is 0 Å². The van der Waals surface area contributed by atoms with Crippen molar-refractivity contribution >= 4 is 5.91 Å². The quantitative estimate of drug-likeness (QED) is 0.503. The third-order valence-electron chi connectivity index (χ3n) is 5.46. The summed E-state index contributed by atoms with van der Waals surface area (Å²) in [5.74, 6) is -0.155. The van der Waals surface area contributed by atoms with Gasteiger partial charge in [0.1, 0.15) is 5.69 Å². The number of carbonyl (C=O) groups excluding carboxylic acids is 1. The van der Waals surface area contributed by atoms with Crippen molar-refractivity contribution in [1.29, 1.82) is 0 Å². The summed E-state index contributed by atoms with van der Waals surface area (Å²) in [5.41, 5.74) is 6.85. The van der Waals surface area contributed by atoms with Crippen molar-refractivity contribution < 1.29 is 4.79 Å². The lowest BCUT2D eigenvalue weighted by molar-refractivity contribution is 0.0933. The number of hydrogen-bond acceptors (Lipinski definition) is 2. The van der Waals surface area contributed by atoms with Crippen molar-refractivity contribution in [3.8, 4) is 11.3 Å². The van der Waals surface area contributed by atoms with Gasteiger partial charge in [0.15, 0.2) is 0 Å². The zero-order valence-corrected chi connectivity index (χ0v) is 17.5. The monoisotopic (exact) mass is 395 g/mol. The molecule has 0 unspecified atom stereocenters. The van der Waals surface area contributed by atoms with Gasteiger partial charge in [-0.2, -0.15) is 5.10 Å². The number of nitrogens with one attached hydrogen (secondary N) is 1. The third kappa shape index (κ3) is 4.03. The van der Waals surface area contributed by atoms with E-state index >= 15 is 0 Å². The fraction of sp³-hybridized carbons (Fsp3) is 0.154. The maximum absolute atomic E-state index is 13.2. The molecule has 0 fully saturated rings. The average Bonchev–Trinajstić information content (AvgIpc) is 3.17. The summed E-state index contributed by atoms with van der Waals surface area (Å²) in [6.07, 6.45) is 0. The summed E-state index contributed by atoms with van der Waals surface area (Å²) in [6, 6.07) is 27.9. The number of amides is 1. The van der Waals surface area contributed by atoms with E-state index < -0.39 is 0 Å². The lowest BCUT2D eigenvalue weighted by atomic mass is 9.98. The van der Waals surface area contributed by atoms with Gasteiger partial charge >= 0.3 is 0 Å². The molecule has 0 saturated heterocycles. The van der Waals surface area contributed by atoms with Crippen molar-refractivity contribution in [1.82, 2.24) is 15.1 Å². The van der Waals surface area contributed by atoms with Crippen LogP contribution in [0.3, 0.4) is 0 Å². The molecular weight excluding hydrogens is 370 g/mol. The lowest BCUT2D eigenvalue weighted by Crippen LogP contribution is -2.30. The molecule has 0 atom stereocenters. The van der Waals surface area contributed by atoms with E-state index in [1.165, 1.54) is 11.1 Å². The molecular formula is C26H25N3O. The predicted octanol–water partition coefficient (Wildman–Crippen LogP) is 5.22. The number of hydrogen-bond donors (Lipinski definition) is 1. The minimum atomic E-state index is -0.236. The van der Waals surface area contributed by atoms with Crippen LogP contribution < -0.4 is 5.32 Å². The average molecular weight is 396 g/mol. The fourth-order valence-corrected chi connectivity index (χ4v) is 3.58. The standard InChI is InChI=1S/C26H25N3O/c1-18-14-15-22(16-19(18)2)23-17-24(29(3)28-23)26(30)27-25(20-10-6-4-7-11-20)21-12-8-5-9-13-21/h4-17,25H,1-3H3,(H,27,30). The molecule has 3 aromatic carbocycles. The first-order valence-corrected chi connectivity index (χ1v) is 10.1. The normalized spacial score (nSPS) is 10.9. The van der Waals surface area contributed by atoms with E-state index in [1.807, 2.05) is 72.8 Å². The summed E-state index contributed by atoms with van der Waals surface area (Å²) in [4.78, 5) is 13.2. The first-order valence-electron chi connectivity index (χ1n) is 10.1. The molecule has 0 aliphatic carbocycles. The van der Waals surface area contributed by atoms with Gasteiger partial charge in [0.2, 0.25) is 0 Å². The van der Waals surface area contributed by atoms with E-state index in [4.69, 9.17) is 0 Å². The van der Waals surface area contributed by atoms with E-state index in [-0.39, 0.29) is 11.9 Å². The highest BCUT2D eigenvalue weighted by atomic mass is 16.2. The summed E-state index contributed by atoms with van der Waals surface area (Å²) in [5, 5.41) is 7.77. The first-order chi connectivity index (χ1) is 14.5. The summed E-state index contributed by atoms with van der Waals surface area (Å²) < 4.78 is 1.65. The molecule has 1 amide bonds. The Morgan fingerprint density at radius 1 is 0.833 bits per heavy atom. The number of rotatable bonds is 5. The van der Waals surface area contributed by atoms with Crippen molar-refractivity contribution in [3.63, 3.8) is 0 Å². The van der Waals surface area contributed by atoms with Crippen LogP contribution in [0.15, 0.2) is 84.9 Å². The van der Waals surface area contributed by atoms with E-state index in [9.17, 15) is 4.79 Å². The zero-order chi connectivity index (χ0) is 21.1. The Morgan fingerprint density at radius 2 is 1.43 bits per heavy atom. The topological polar surface area (TPSA) is 46.9 Å². The highest BCUT2D eigenvalue weighted by molar-refractivity contribution is 5.94. The largest absolute Gasteiger partial charge is 0.340 e. The third-order valence-corrected chi connectivity index (χ3v) is 5.46.